The van der Waals surface area contributed by atoms with E-state index in [1.807, 2.05) is 24.3 Å². The Kier molecular flexibility index (Phi) is 8.99. The topological polar surface area (TPSA) is 96.6 Å². The number of guanidine groups is 1. The van der Waals surface area contributed by atoms with Crippen LogP contribution in [-0.4, -0.2) is 33.2 Å². The van der Waals surface area contributed by atoms with Crippen LogP contribution in [0, 0.1) is 5.92 Å². The molecule has 0 unspecified atom stereocenters. The highest BCUT2D eigenvalue weighted by molar-refractivity contribution is 14.0. The summed E-state index contributed by atoms with van der Waals surface area (Å²) in [4.78, 5) is 4.09. The summed E-state index contributed by atoms with van der Waals surface area (Å²) in [5.74, 6) is 0.690. The highest BCUT2D eigenvalue weighted by Gasteiger charge is 2.19. The molecule has 2 rings (SSSR count). The first kappa shape index (κ1) is 21.2. The molecule has 6 nitrogen and oxygen atoms in total. The molecule has 136 valence electrons. The number of hydrogen-bond acceptors (Lipinski definition) is 3. The molecule has 0 saturated heterocycles. The van der Waals surface area contributed by atoms with E-state index in [-0.39, 0.29) is 42.2 Å². The van der Waals surface area contributed by atoms with Gasteiger partial charge in [-0.3, -0.25) is 4.99 Å². The number of sulfonamides is 1. The average Bonchev–Trinajstić information content (AvgIpc) is 2.45. The number of aryl methyl sites for hydroxylation is 1. The van der Waals surface area contributed by atoms with Gasteiger partial charge in [-0.25, -0.2) is 13.1 Å². The Morgan fingerprint density at radius 2 is 2.12 bits per heavy atom. The first-order valence-corrected chi connectivity index (χ1v) is 9.77. The number of anilines is 1. The number of nitrogens with zero attached hydrogens (tertiary/aromatic N) is 1. The van der Waals surface area contributed by atoms with Crippen molar-refractivity contribution in [3.05, 3.63) is 29.8 Å². The molecular formula is C16H27IN4O2S. The third kappa shape index (κ3) is 7.35. The molecule has 0 amide bonds. The Bertz CT molecular complexity index is 645. The summed E-state index contributed by atoms with van der Waals surface area (Å²) in [5, 5.41) is 2.98. The molecule has 1 fully saturated rings. The van der Waals surface area contributed by atoms with E-state index in [9.17, 15) is 8.42 Å². The van der Waals surface area contributed by atoms with Crippen molar-refractivity contribution in [1.82, 2.24) is 4.72 Å². The minimum Gasteiger partial charge on any atom is -0.370 e. The maximum Gasteiger partial charge on any atom is 0.213 e. The summed E-state index contributed by atoms with van der Waals surface area (Å²) in [5.41, 5.74) is 7.86. The van der Waals surface area contributed by atoms with Crippen molar-refractivity contribution in [2.45, 2.75) is 32.6 Å². The summed E-state index contributed by atoms with van der Waals surface area (Å²) < 4.78 is 26.4. The minimum absolute atomic E-state index is 0. The number of aliphatic imine (C=N–C) groups is 1. The molecule has 24 heavy (non-hydrogen) atoms. The van der Waals surface area contributed by atoms with E-state index in [1.165, 1.54) is 12.0 Å². The molecule has 0 aromatic heterocycles. The van der Waals surface area contributed by atoms with Crippen LogP contribution in [0.25, 0.3) is 0 Å². The van der Waals surface area contributed by atoms with Gasteiger partial charge < -0.3 is 11.1 Å². The van der Waals surface area contributed by atoms with Gasteiger partial charge in [-0.05, 0) is 42.9 Å². The van der Waals surface area contributed by atoms with Gasteiger partial charge in [-0.1, -0.05) is 25.5 Å². The second-order valence-electron chi connectivity index (χ2n) is 5.91. The van der Waals surface area contributed by atoms with Crippen molar-refractivity contribution in [2.75, 3.05) is 24.2 Å². The lowest BCUT2D eigenvalue weighted by Crippen LogP contribution is -2.34. The average molecular weight is 466 g/mol. The molecule has 8 heteroatoms. The van der Waals surface area contributed by atoms with Gasteiger partial charge in [0.25, 0.3) is 0 Å². The summed E-state index contributed by atoms with van der Waals surface area (Å²) >= 11 is 0. The van der Waals surface area contributed by atoms with E-state index >= 15 is 0 Å². The summed E-state index contributed by atoms with van der Waals surface area (Å²) in [6.07, 6.45) is 4.39. The Labute approximate surface area is 161 Å². The Morgan fingerprint density at radius 3 is 2.75 bits per heavy atom. The zero-order valence-electron chi connectivity index (χ0n) is 14.0. The molecule has 1 aromatic rings. The third-order valence-electron chi connectivity index (χ3n) is 4.07. The molecule has 0 atom stereocenters. The molecule has 1 aromatic carbocycles. The molecule has 0 aliphatic heterocycles. The Hall–Kier alpha value is -0.870. The number of hydrogen-bond donors (Lipinski definition) is 3. The molecule has 1 saturated carbocycles. The van der Waals surface area contributed by atoms with Crippen molar-refractivity contribution < 1.29 is 8.42 Å². The lowest BCUT2D eigenvalue weighted by molar-refractivity contribution is 0.316. The van der Waals surface area contributed by atoms with Gasteiger partial charge in [0.1, 0.15) is 0 Å². The van der Waals surface area contributed by atoms with Crippen molar-refractivity contribution in [2.24, 2.45) is 16.6 Å². The second kappa shape index (κ2) is 10.2. The van der Waals surface area contributed by atoms with Crippen LogP contribution in [0.15, 0.2) is 29.3 Å². The maximum atomic E-state index is 11.9. The normalized spacial score (nSPS) is 15.5. The second-order valence-corrected chi connectivity index (χ2v) is 7.84. The fourth-order valence-corrected chi connectivity index (χ4v) is 3.32. The highest BCUT2D eigenvalue weighted by atomic mass is 127. The predicted octanol–water partition coefficient (Wildman–Crippen LogP) is 2.31. The van der Waals surface area contributed by atoms with Crippen molar-refractivity contribution >= 4 is 45.6 Å². The van der Waals surface area contributed by atoms with Gasteiger partial charge in [0.15, 0.2) is 5.96 Å². The largest absolute Gasteiger partial charge is 0.370 e. The summed E-state index contributed by atoms with van der Waals surface area (Å²) in [6.45, 7) is 2.77. The van der Waals surface area contributed by atoms with Crippen LogP contribution in [0.1, 0.15) is 31.7 Å². The van der Waals surface area contributed by atoms with Gasteiger partial charge in [-0.15, -0.1) is 24.0 Å². The third-order valence-corrected chi connectivity index (χ3v) is 5.39. The number of nitrogens with one attached hydrogen (secondary N) is 2. The maximum absolute atomic E-state index is 11.9. The van der Waals surface area contributed by atoms with Crippen LogP contribution in [0.2, 0.25) is 0 Å². The zero-order valence-corrected chi connectivity index (χ0v) is 17.1. The lowest BCUT2D eigenvalue weighted by Gasteiger charge is -2.25. The van der Waals surface area contributed by atoms with Gasteiger partial charge in [-0.2, -0.15) is 0 Å². The van der Waals surface area contributed by atoms with Crippen molar-refractivity contribution in [3.8, 4) is 0 Å². The molecule has 0 radical (unpaired) electrons. The summed E-state index contributed by atoms with van der Waals surface area (Å²) in [7, 11) is -3.27. The quantitative estimate of drug-likeness (QED) is 0.311. The zero-order chi connectivity index (χ0) is 16.7. The molecule has 1 aliphatic carbocycles. The molecule has 0 heterocycles. The number of benzene rings is 1. The van der Waals surface area contributed by atoms with Gasteiger partial charge in [0.2, 0.25) is 10.0 Å². The molecular weight excluding hydrogens is 439 g/mol. The van der Waals surface area contributed by atoms with Gasteiger partial charge >= 0.3 is 0 Å². The van der Waals surface area contributed by atoms with Crippen molar-refractivity contribution in [3.63, 3.8) is 0 Å². The van der Waals surface area contributed by atoms with Crippen LogP contribution < -0.4 is 15.8 Å². The van der Waals surface area contributed by atoms with E-state index in [0.717, 1.165) is 24.9 Å². The highest BCUT2D eigenvalue weighted by Crippen LogP contribution is 2.25. The molecule has 0 spiro atoms. The van der Waals surface area contributed by atoms with E-state index in [4.69, 9.17) is 5.73 Å². The van der Waals surface area contributed by atoms with Crippen LogP contribution in [0.3, 0.4) is 0 Å². The number of halogens is 1. The van der Waals surface area contributed by atoms with Crippen LogP contribution in [-0.2, 0) is 16.4 Å². The standard InChI is InChI=1S/C16H26N4O2S.HI/c1-2-13-5-4-8-15(11-13)20-16(17)18-9-10-23(21,22)19-12-14-6-3-7-14;/h4-5,8,11,14,19H,2-3,6-7,9-10,12H2,1H3,(H3,17,18,20);1H. The van der Waals surface area contributed by atoms with Gasteiger partial charge in [0.05, 0.1) is 12.3 Å². The molecule has 4 N–H and O–H groups in total. The van der Waals surface area contributed by atoms with E-state index in [1.54, 1.807) is 0 Å². The number of rotatable bonds is 8. The molecule has 1 aliphatic rings. The van der Waals surface area contributed by atoms with Crippen LogP contribution >= 0.6 is 24.0 Å². The first-order chi connectivity index (χ1) is 11.0. The Balaban J connectivity index is 0.00000288. The predicted molar refractivity (Wildman–Crippen MR) is 110 cm³/mol. The summed E-state index contributed by atoms with van der Waals surface area (Å²) in [6, 6.07) is 7.89. The van der Waals surface area contributed by atoms with Gasteiger partial charge in [0, 0.05) is 12.2 Å². The minimum atomic E-state index is -3.27. The fourth-order valence-electron chi connectivity index (χ4n) is 2.36. The van der Waals surface area contributed by atoms with E-state index < -0.39 is 10.0 Å². The van der Waals surface area contributed by atoms with Crippen LogP contribution in [0.5, 0.6) is 0 Å². The Morgan fingerprint density at radius 1 is 1.38 bits per heavy atom. The van der Waals surface area contributed by atoms with E-state index in [0.29, 0.717) is 12.5 Å². The van der Waals surface area contributed by atoms with E-state index in [2.05, 4.69) is 22.0 Å². The monoisotopic (exact) mass is 466 g/mol. The number of nitrogens with two attached hydrogens (primary N) is 1. The first-order valence-electron chi connectivity index (χ1n) is 8.11. The molecule has 0 bridgehead atoms. The SMILES string of the molecule is CCc1cccc(NC(N)=NCCS(=O)(=O)NCC2CCC2)c1.I. The smallest absolute Gasteiger partial charge is 0.213 e. The lowest BCUT2D eigenvalue weighted by atomic mass is 9.86. The van der Waals surface area contributed by atoms with Crippen LogP contribution in [0.4, 0.5) is 5.69 Å². The fraction of sp³-hybridized carbons (Fsp3) is 0.562. The van der Waals surface area contributed by atoms with Crippen molar-refractivity contribution in [1.29, 1.82) is 0 Å².